The quantitative estimate of drug-likeness (QED) is 0.588. The molecule has 7 nitrogen and oxygen atoms in total. The summed E-state index contributed by atoms with van der Waals surface area (Å²) in [5, 5.41) is 8.48. The summed E-state index contributed by atoms with van der Waals surface area (Å²) >= 11 is 1.38. The Bertz CT molecular complexity index is 703. The molecule has 23 heavy (non-hydrogen) atoms. The lowest BCUT2D eigenvalue weighted by molar-refractivity contribution is -0.140. The van der Waals surface area contributed by atoms with Crippen LogP contribution in [0.4, 0.5) is 0 Å². The van der Waals surface area contributed by atoms with E-state index in [9.17, 15) is 4.79 Å². The van der Waals surface area contributed by atoms with Gasteiger partial charge in [0.1, 0.15) is 6.10 Å². The lowest BCUT2D eigenvalue weighted by Gasteiger charge is -2.07. The number of thioether (sulfide) groups is 1. The van der Waals surface area contributed by atoms with Crippen LogP contribution in [0, 0.1) is 0 Å². The number of benzene rings is 1. The summed E-state index contributed by atoms with van der Waals surface area (Å²) in [6.45, 7) is 0. The number of carbonyl (C=O) groups is 1. The van der Waals surface area contributed by atoms with Crippen LogP contribution in [0.1, 0.15) is 12.8 Å². The average molecular weight is 336 g/mol. The average Bonchev–Trinajstić information content (AvgIpc) is 3.21. The topological polar surface area (TPSA) is 83.7 Å². The summed E-state index contributed by atoms with van der Waals surface area (Å²) in [7, 11) is 3.15. The molecule has 1 aliphatic rings. The Morgan fingerprint density at radius 2 is 2.09 bits per heavy atom. The number of nitrogens with zero attached hydrogens (tertiary/aromatic N) is 2. The lowest BCUT2D eigenvalue weighted by Crippen LogP contribution is -2.09. The van der Waals surface area contributed by atoms with Gasteiger partial charge in [0.25, 0.3) is 5.22 Å². The molecule has 2 aromatic rings. The van der Waals surface area contributed by atoms with Gasteiger partial charge >= 0.3 is 5.97 Å². The first-order valence-corrected chi connectivity index (χ1v) is 8.06. The Labute approximate surface area is 137 Å². The summed E-state index contributed by atoms with van der Waals surface area (Å²) in [5.41, 5.74) is 0.745. The smallest absolute Gasteiger partial charge is 0.306 e. The van der Waals surface area contributed by atoms with Crippen LogP contribution in [0.3, 0.4) is 0 Å². The highest BCUT2D eigenvalue weighted by molar-refractivity contribution is 7.99. The van der Waals surface area contributed by atoms with Gasteiger partial charge in [0.15, 0.2) is 11.5 Å². The van der Waals surface area contributed by atoms with Crippen molar-refractivity contribution in [3.05, 3.63) is 18.2 Å². The summed E-state index contributed by atoms with van der Waals surface area (Å²) < 4.78 is 21.2. The zero-order valence-electron chi connectivity index (χ0n) is 12.8. The van der Waals surface area contributed by atoms with Crippen molar-refractivity contribution in [2.45, 2.75) is 24.2 Å². The molecule has 122 valence electrons. The van der Waals surface area contributed by atoms with Gasteiger partial charge in [-0.25, -0.2) is 0 Å². The van der Waals surface area contributed by atoms with Gasteiger partial charge in [0.2, 0.25) is 5.89 Å². The first-order valence-electron chi connectivity index (χ1n) is 7.08. The van der Waals surface area contributed by atoms with E-state index >= 15 is 0 Å². The molecule has 0 spiro atoms. The number of cyclic esters (lactones) is 1. The summed E-state index contributed by atoms with van der Waals surface area (Å²) in [5.74, 6) is 2.09. The first-order chi connectivity index (χ1) is 11.2. The number of rotatable bonds is 6. The van der Waals surface area contributed by atoms with Crippen LogP contribution in [0.25, 0.3) is 11.5 Å². The minimum atomic E-state index is -0.146. The second-order valence-corrected chi connectivity index (χ2v) is 5.88. The second-order valence-electron chi connectivity index (χ2n) is 4.90. The molecule has 3 rings (SSSR count). The fourth-order valence-corrected chi connectivity index (χ4v) is 3.02. The molecule has 0 saturated carbocycles. The molecular weight excluding hydrogens is 320 g/mol. The minimum Gasteiger partial charge on any atom is -0.493 e. The van der Waals surface area contributed by atoms with Crippen molar-refractivity contribution in [2.24, 2.45) is 0 Å². The monoisotopic (exact) mass is 336 g/mol. The molecule has 1 aromatic heterocycles. The van der Waals surface area contributed by atoms with Crippen LogP contribution < -0.4 is 9.47 Å². The van der Waals surface area contributed by atoms with Gasteiger partial charge in [-0.1, -0.05) is 11.8 Å². The third-order valence-electron chi connectivity index (χ3n) is 3.40. The molecule has 0 aliphatic carbocycles. The van der Waals surface area contributed by atoms with Gasteiger partial charge in [-0.15, -0.1) is 10.2 Å². The highest BCUT2D eigenvalue weighted by Crippen LogP contribution is 2.33. The predicted molar refractivity (Wildman–Crippen MR) is 82.7 cm³/mol. The molecule has 1 aromatic carbocycles. The van der Waals surface area contributed by atoms with E-state index in [0.717, 1.165) is 12.0 Å². The Kier molecular flexibility index (Phi) is 4.71. The fraction of sp³-hybridized carbons (Fsp3) is 0.400. The third-order valence-corrected chi connectivity index (χ3v) is 4.35. The van der Waals surface area contributed by atoms with Crippen molar-refractivity contribution in [1.29, 1.82) is 0 Å². The Balaban J connectivity index is 1.68. The van der Waals surface area contributed by atoms with Crippen molar-refractivity contribution in [3.63, 3.8) is 0 Å². The molecule has 1 aliphatic heterocycles. The van der Waals surface area contributed by atoms with E-state index < -0.39 is 0 Å². The predicted octanol–water partition coefficient (Wildman–Crippen LogP) is 2.55. The third kappa shape index (κ3) is 3.58. The molecule has 2 heterocycles. The van der Waals surface area contributed by atoms with Crippen LogP contribution in [0.5, 0.6) is 11.5 Å². The number of carbonyl (C=O) groups excluding carboxylic acids is 1. The van der Waals surface area contributed by atoms with Crippen molar-refractivity contribution < 1.29 is 23.4 Å². The van der Waals surface area contributed by atoms with E-state index in [1.165, 1.54) is 11.8 Å². The molecule has 0 N–H and O–H groups in total. The normalized spacial score (nSPS) is 17.1. The molecule has 1 atom stereocenters. The SMILES string of the molecule is COc1ccc(-c2nnc(SC[C@@H]3CCC(=O)O3)o2)cc1OC. The number of aromatic nitrogens is 2. The Hall–Kier alpha value is -2.22. The van der Waals surface area contributed by atoms with Gasteiger partial charge in [-0.05, 0) is 24.6 Å². The highest BCUT2D eigenvalue weighted by Gasteiger charge is 2.24. The van der Waals surface area contributed by atoms with Crippen molar-refractivity contribution in [3.8, 4) is 23.0 Å². The zero-order chi connectivity index (χ0) is 16.2. The lowest BCUT2D eigenvalue weighted by atomic mass is 10.2. The van der Waals surface area contributed by atoms with Crippen LogP contribution in [0.15, 0.2) is 27.8 Å². The van der Waals surface area contributed by atoms with Crippen molar-refractivity contribution in [1.82, 2.24) is 10.2 Å². The molecule has 1 saturated heterocycles. The number of ether oxygens (including phenoxy) is 3. The number of methoxy groups -OCH3 is 2. The molecule has 0 radical (unpaired) electrons. The standard InChI is InChI=1S/C15H16N2O5S/c1-19-11-5-3-9(7-12(11)20-2)14-16-17-15(22-14)23-8-10-4-6-13(18)21-10/h3,5,7,10H,4,6,8H2,1-2H3/t10-/m0/s1. The Morgan fingerprint density at radius 3 is 2.78 bits per heavy atom. The highest BCUT2D eigenvalue weighted by atomic mass is 32.2. The number of hydrogen-bond acceptors (Lipinski definition) is 8. The van der Waals surface area contributed by atoms with E-state index in [1.54, 1.807) is 26.4 Å². The largest absolute Gasteiger partial charge is 0.493 e. The summed E-state index contributed by atoms with van der Waals surface area (Å²) in [6, 6.07) is 5.38. The molecule has 0 unspecified atom stereocenters. The van der Waals surface area contributed by atoms with Crippen molar-refractivity contribution in [2.75, 3.05) is 20.0 Å². The molecular formula is C15H16N2O5S. The maximum absolute atomic E-state index is 11.1. The van der Waals surface area contributed by atoms with Gasteiger partial charge < -0.3 is 18.6 Å². The van der Waals surface area contributed by atoms with Gasteiger partial charge in [-0.2, -0.15) is 0 Å². The fourth-order valence-electron chi connectivity index (χ4n) is 2.22. The van der Waals surface area contributed by atoms with Crippen LogP contribution >= 0.6 is 11.8 Å². The van der Waals surface area contributed by atoms with Crippen molar-refractivity contribution >= 4 is 17.7 Å². The van der Waals surface area contributed by atoms with Crippen LogP contribution in [-0.2, 0) is 9.53 Å². The maximum Gasteiger partial charge on any atom is 0.306 e. The van der Waals surface area contributed by atoms with E-state index in [1.807, 2.05) is 6.07 Å². The molecule has 0 amide bonds. The number of esters is 1. The van der Waals surface area contributed by atoms with E-state index in [-0.39, 0.29) is 12.1 Å². The zero-order valence-corrected chi connectivity index (χ0v) is 13.6. The minimum absolute atomic E-state index is 0.0797. The van der Waals surface area contributed by atoms with Crippen LogP contribution in [0.2, 0.25) is 0 Å². The molecule has 8 heteroatoms. The van der Waals surface area contributed by atoms with Crippen LogP contribution in [-0.4, -0.2) is 42.2 Å². The van der Waals surface area contributed by atoms with Gasteiger partial charge in [-0.3, -0.25) is 4.79 Å². The first kappa shape index (κ1) is 15.7. The molecule has 0 bridgehead atoms. The second kappa shape index (κ2) is 6.91. The molecule has 1 fully saturated rings. The van der Waals surface area contributed by atoms with E-state index in [4.69, 9.17) is 18.6 Å². The maximum atomic E-state index is 11.1. The van der Waals surface area contributed by atoms with E-state index in [2.05, 4.69) is 10.2 Å². The van der Waals surface area contributed by atoms with E-state index in [0.29, 0.717) is 34.8 Å². The van der Waals surface area contributed by atoms with Gasteiger partial charge in [0, 0.05) is 17.7 Å². The number of hydrogen-bond donors (Lipinski definition) is 0. The van der Waals surface area contributed by atoms with Gasteiger partial charge in [0.05, 0.1) is 14.2 Å². The summed E-state index contributed by atoms with van der Waals surface area (Å²) in [4.78, 5) is 11.1. The Morgan fingerprint density at radius 1 is 1.26 bits per heavy atom. The summed E-state index contributed by atoms with van der Waals surface area (Å²) in [6.07, 6.45) is 1.14.